The Bertz CT molecular complexity index is 619. The molecular weight excluding hydrogens is 312 g/mol. The monoisotopic (exact) mass is 334 g/mol. The number of methoxy groups -OCH3 is 1. The summed E-state index contributed by atoms with van der Waals surface area (Å²) in [5.74, 6) is 1.31. The first-order valence-corrected chi connectivity index (χ1v) is 8.83. The van der Waals surface area contributed by atoms with E-state index in [1.165, 1.54) is 26.4 Å². The highest BCUT2D eigenvalue weighted by Crippen LogP contribution is 2.62. The molecule has 0 aliphatic heterocycles. The van der Waals surface area contributed by atoms with Crippen molar-refractivity contribution in [1.29, 1.82) is 0 Å². The molecule has 4 aliphatic rings. The standard InChI is InChI=1S/C18H23ClN2O2/c1-23-16(22)17-4-12-2-13(5-17)7-18(6-12,11-17)21-9-14-3-15(19)10-20-8-14/h3,8,10,12-13,21H,2,4-7,9,11H2,1H3. The predicted octanol–water partition coefficient (Wildman–Crippen LogP) is 3.34. The normalized spacial score (nSPS) is 37.8. The van der Waals surface area contributed by atoms with Crippen LogP contribution in [0.25, 0.3) is 0 Å². The molecular formula is C18H23ClN2O2. The van der Waals surface area contributed by atoms with Gasteiger partial charge in [-0.1, -0.05) is 11.6 Å². The van der Waals surface area contributed by atoms with Crippen LogP contribution < -0.4 is 5.32 Å². The molecule has 1 aromatic rings. The van der Waals surface area contributed by atoms with Gasteiger partial charge in [0.1, 0.15) is 0 Å². The van der Waals surface area contributed by atoms with E-state index in [0.717, 1.165) is 31.4 Å². The second kappa shape index (κ2) is 5.45. The summed E-state index contributed by atoms with van der Waals surface area (Å²) in [6.45, 7) is 0.754. The highest BCUT2D eigenvalue weighted by molar-refractivity contribution is 6.30. The molecule has 1 heterocycles. The molecule has 0 aromatic carbocycles. The van der Waals surface area contributed by atoms with Crippen LogP contribution in [-0.2, 0) is 16.1 Å². The average molecular weight is 335 g/mol. The second-order valence-electron chi connectivity index (χ2n) is 7.88. The smallest absolute Gasteiger partial charge is 0.311 e. The molecule has 124 valence electrons. The number of esters is 1. The van der Waals surface area contributed by atoms with Gasteiger partial charge in [0.2, 0.25) is 0 Å². The van der Waals surface area contributed by atoms with Gasteiger partial charge in [-0.25, -0.2) is 0 Å². The van der Waals surface area contributed by atoms with Gasteiger partial charge >= 0.3 is 5.97 Å². The lowest BCUT2D eigenvalue weighted by Crippen LogP contribution is -2.63. The average Bonchev–Trinajstić information content (AvgIpc) is 2.51. The van der Waals surface area contributed by atoms with Gasteiger partial charge in [-0.2, -0.15) is 0 Å². The molecule has 5 heteroatoms. The Kier molecular flexibility index (Phi) is 3.65. The molecule has 4 fully saturated rings. The fourth-order valence-electron chi connectivity index (χ4n) is 5.77. The van der Waals surface area contributed by atoms with E-state index in [1.807, 2.05) is 12.3 Å². The van der Waals surface area contributed by atoms with Gasteiger partial charge in [-0.3, -0.25) is 9.78 Å². The molecule has 2 unspecified atom stereocenters. The van der Waals surface area contributed by atoms with Crippen LogP contribution >= 0.6 is 11.6 Å². The van der Waals surface area contributed by atoms with E-state index in [-0.39, 0.29) is 16.9 Å². The van der Waals surface area contributed by atoms with Crippen molar-refractivity contribution < 1.29 is 9.53 Å². The predicted molar refractivity (Wildman–Crippen MR) is 87.9 cm³/mol. The first-order chi connectivity index (χ1) is 11.0. The summed E-state index contributed by atoms with van der Waals surface area (Å²) in [4.78, 5) is 16.6. The summed E-state index contributed by atoms with van der Waals surface area (Å²) in [6, 6.07) is 1.96. The molecule has 0 radical (unpaired) electrons. The largest absolute Gasteiger partial charge is 0.469 e. The number of pyridine rings is 1. The number of hydrogen-bond acceptors (Lipinski definition) is 4. The molecule has 5 rings (SSSR count). The number of nitrogens with zero attached hydrogens (tertiary/aromatic N) is 1. The van der Waals surface area contributed by atoms with Crippen molar-refractivity contribution in [2.45, 2.75) is 50.6 Å². The zero-order chi connectivity index (χ0) is 16.1. The number of rotatable bonds is 4. The van der Waals surface area contributed by atoms with Crippen LogP contribution in [0.2, 0.25) is 5.02 Å². The Hall–Kier alpha value is -1.13. The van der Waals surface area contributed by atoms with Crippen molar-refractivity contribution >= 4 is 17.6 Å². The van der Waals surface area contributed by atoms with Crippen LogP contribution in [0, 0.1) is 17.3 Å². The van der Waals surface area contributed by atoms with Crippen LogP contribution in [0.5, 0.6) is 0 Å². The third kappa shape index (κ3) is 2.66. The van der Waals surface area contributed by atoms with Crippen molar-refractivity contribution in [2.75, 3.05) is 7.11 Å². The summed E-state index contributed by atoms with van der Waals surface area (Å²) >= 11 is 6.03. The van der Waals surface area contributed by atoms with E-state index < -0.39 is 0 Å². The summed E-state index contributed by atoms with van der Waals surface area (Å²) < 4.78 is 5.16. The third-order valence-electron chi connectivity index (χ3n) is 6.11. The molecule has 23 heavy (non-hydrogen) atoms. The van der Waals surface area contributed by atoms with E-state index in [1.54, 1.807) is 6.20 Å². The van der Waals surface area contributed by atoms with Gasteiger partial charge in [-0.15, -0.1) is 0 Å². The summed E-state index contributed by atoms with van der Waals surface area (Å²) in [7, 11) is 1.53. The Morgan fingerprint density at radius 1 is 1.35 bits per heavy atom. The topological polar surface area (TPSA) is 51.2 Å². The molecule has 4 aliphatic carbocycles. The lowest BCUT2D eigenvalue weighted by Gasteiger charge is -2.61. The zero-order valence-electron chi connectivity index (χ0n) is 13.5. The van der Waals surface area contributed by atoms with Gasteiger partial charge in [0, 0.05) is 24.5 Å². The number of aromatic nitrogens is 1. The number of carbonyl (C=O) groups is 1. The summed E-state index contributed by atoms with van der Waals surface area (Å²) in [6.07, 6.45) is 10.1. The number of nitrogens with one attached hydrogen (secondary N) is 1. The molecule has 0 spiro atoms. The second-order valence-corrected chi connectivity index (χ2v) is 8.31. The Morgan fingerprint density at radius 3 is 2.74 bits per heavy atom. The quantitative estimate of drug-likeness (QED) is 0.858. The van der Waals surface area contributed by atoms with Crippen LogP contribution in [0.1, 0.15) is 44.1 Å². The van der Waals surface area contributed by atoms with Crippen molar-refractivity contribution in [3.05, 3.63) is 29.0 Å². The molecule has 4 nitrogen and oxygen atoms in total. The number of ether oxygens (including phenoxy) is 1. The number of halogens is 1. The lowest BCUT2D eigenvalue weighted by molar-refractivity contribution is -0.172. The van der Waals surface area contributed by atoms with E-state index in [2.05, 4.69) is 10.3 Å². The number of carbonyl (C=O) groups excluding carboxylic acids is 1. The maximum Gasteiger partial charge on any atom is 0.311 e. The Labute approximate surface area is 142 Å². The number of hydrogen-bond donors (Lipinski definition) is 1. The fourth-order valence-corrected chi connectivity index (χ4v) is 5.96. The van der Waals surface area contributed by atoms with Crippen LogP contribution in [0.15, 0.2) is 18.5 Å². The zero-order valence-corrected chi connectivity index (χ0v) is 14.2. The molecule has 2 atom stereocenters. The lowest BCUT2D eigenvalue weighted by atomic mass is 9.47. The minimum Gasteiger partial charge on any atom is -0.469 e. The maximum atomic E-state index is 12.4. The third-order valence-corrected chi connectivity index (χ3v) is 6.32. The van der Waals surface area contributed by atoms with E-state index >= 15 is 0 Å². The summed E-state index contributed by atoms with van der Waals surface area (Å²) in [5.41, 5.74) is 0.916. The van der Waals surface area contributed by atoms with Crippen molar-refractivity contribution in [3.63, 3.8) is 0 Å². The van der Waals surface area contributed by atoms with Gasteiger partial charge < -0.3 is 10.1 Å². The van der Waals surface area contributed by atoms with Crippen LogP contribution in [-0.4, -0.2) is 23.6 Å². The fraction of sp³-hybridized carbons (Fsp3) is 0.667. The molecule has 1 N–H and O–H groups in total. The SMILES string of the molecule is COC(=O)C12CC3CC(CC(NCc4cncc(Cl)c4)(C3)C1)C2. The maximum absolute atomic E-state index is 12.4. The van der Waals surface area contributed by atoms with Crippen molar-refractivity contribution in [3.8, 4) is 0 Å². The Morgan fingerprint density at radius 2 is 2.09 bits per heavy atom. The first-order valence-electron chi connectivity index (χ1n) is 8.45. The van der Waals surface area contributed by atoms with E-state index in [9.17, 15) is 4.79 Å². The molecule has 0 amide bonds. The summed E-state index contributed by atoms with van der Waals surface area (Å²) in [5, 5.41) is 4.44. The van der Waals surface area contributed by atoms with Gasteiger partial charge in [0.25, 0.3) is 0 Å². The minimum atomic E-state index is -0.252. The Balaban J connectivity index is 1.55. The highest BCUT2D eigenvalue weighted by Gasteiger charge is 2.60. The van der Waals surface area contributed by atoms with Crippen LogP contribution in [0.3, 0.4) is 0 Å². The van der Waals surface area contributed by atoms with Gasteiger partial charge in [0.15, 0.2) is 0 Å². The molecule has 1 aromatic heterocycles. The van der Waals surface area contributed by atoms with E-state index in [0.29, 0.717) is 16.9 Å². The molecule has 4 bridgehead atoms. The van der Waals surface area contributed by atoms with Gasteiger partial charge in [-0.05, 0) is 62.0 Å². The molecule has 0 saturated heterocycles. The van der Waals surface area contributed by atoms with Crippen LogP contribution in [0.4, 0.5) is 0 Å². The minimum absolute atomic E-state index is 0.00203. The first kappa shape index (κ1) is 15.4. The highest BCUT2D eigenvalue weighted by atomic mass is 35.5. The van der Waals surface area contributed by atoms with E-state index in [4.69, 9.17) is 16.3 Å². The van der Waals surface area contributed by atoms with Crippen molar-refractivity contribution in [2.24, 2.45) is 17.3 Å². The van der Waals surface area contributed by atoms with Gasteiger partial charge in [0.05, 0.1) is 17.5 Å². The van der Waals surface area contributed by atoms with Crippen molar-refractivity contribution in [1.82, 2.24) is 10.3 Å². The molecule has 4 saturated carbocycles.